The maximum atomic E-state index is 12.7. The number of amides is 1. The van der Waals surface area contributed by atoms with Crippen molar-refractivity contribution in [2.45, 2.75) is 76.3 Å². The summed E-state index contributed by atoms with van der Waals surface area (Å²) in [7, 11) is -3.14. The van der Waals surface area contributed by atoms with Gasteiger partial charge in [0.15, 0.2) is 0 Å². The molecule has 156 valence electrons. The molecule has 1 aromatic heterocycles. The monoisotopic (exact) mass is 410 g/mol. The van der Waals surface area contributed by atoms with Gasteiger partial charge < -0.3 is 9.64 Å². The van der Waals surface area contributed by atoms with Gasteiger partial charge in [-0.1, -0.05) is 0 Å². The molecule has 3 aliphatic rings. The van der Waals surface area contributed by atoms with Crippen LogP contribution in [0.15, 0.2) is 12.3 Å². The zero-order valence-electron chi connectivity index (χ0n) is 16.7. The van der Waals surface area contributed by atoms with Gasteiger partial charge in [-0.05, 0) is 51.5 Å². The van der Waals surface area contributed by atoms with Crippen molar-refractivity contribution >= 4 is 15.9 Å². The van der Waals surface area contributed by atoms with Gasteiger partial charge >= 0.3 is 0 Å². The van der Waals surface area contributed by atoms with Crippen LogP contribution in [0.1, 0.15) is 55.9 Å². The summed E-state index contributed by atoms with van der Waals surface area (Å²) in [5.41, 5.74) is 0.645. The standard InChI is InChI=1S/C19H30N4O4S/c1-3-22-18(6-9-20-22)19(24)21-10-7-16(8-11-21)27-17-12-14-4-5-15(13-17)23(14)28(2,25)26/h6,9,14-17H,3-5,7-8,10-13H2,1-2H3/t14-,15+,17?. The molecule has 8 nitrogen and oxygen atoms in total. The minimum atomic E-state index is -3.14. The van der Waals surface area contributed by atoms with Crippen LogP contribution in [0.3, 0.4) is 0 Å². The minimum Gasteiger partial charge on any atom is -0.375 e. The van der Waals surface area contributed by atoms with Crippen molar-refractivity contribution in [3.05, 3.63) is 18.0 Å². The number of piperidine rings is 2. The van der Waals surface area contributed by atoms with E-state index in [0.717, 1.165) is 38.5 Å². The van der Waals surface area contributed by atoms with Gasteiger partial charge in [-0.3, -0.25) is 9.48 Å². The summed E-state index contributed by atoms with van der Waals surface area (Å²) in [6.07, 6.45) is 8.38. The highest BCUT2D eigenvalue weighted by Gasteiger charge is 2.46. The Hall–Kier alpha value is -1.45. The van der Waals surface area contributed by atoms with Gasteiger partial charge in [0.05, 0.1) is 18.5 Å². The summed E-state index contributed by atoms with van der Waals surface area (Å²) >= 11 is 0. The molecule has 0 radical (unpaired) electrons. The molecule has 3 saturated heterocycles. The zero-order chi connectivity index (χ0) is 19.9. The molecule has 0 saturated carbocycles. The molecule has 9 heteroatoms. The fraction of sp³-hybridized carbons (Fsp3) is 0.789. The summed E-state index contributed by atoms with van der Waals surface area (Å²) in [6.45, 7) is 4.04. The van der Waals surface area contributed by atoms with Crippen LogP contribution in [0.25, 0.3) is 0 Å². The molecule has 28 heavy (non-hydrogen) atoms. The van der Waals surface area contributed by atoms with Crippen molar-refractivity contribution < 1.29 is 17.9 Å². The third-order valence-electron chi connectivity index (χ3n) is 6.36. The number of carbonyl (C=O) groups excluding carboxylic acids is 1. The van der Waals surface area contributed by atoms with Gasteiger partial charge in [0.1, 0.15) is 5.69 Å². The van der Waals surface area contributed by atoms with E-state index in [4.69, 9.17) is 4.74 Å². The van der Waals surface area contributed by atoms with Crippen molar-refractivity contribution in [1.29, 1.82) is 0 Å². The molecule has 3 aliphatic heterocycles. The van der Waals surface area contributed by atoms with Crippen LogP contribution in [0.2, 0.25) is 0 Å². The normalized spacial score (nSPS) is 29.4. The number of hydrogen-bond donors (Lipinski definition) is 0. The molecule has 1 unspecified atom stereocenters. The van der Waals surface area contributed by atoms with Gasteiger partial charge in [-0.25, -0.2) is 8.42 Å². The molecule has 0 aliphatic carbocycles. The summed E-state index contributed by atoms with van der Waals surface area (Å²) in [6, 6.07) is 1.96. The fourth-order valence-corrected chi connectivity index (χ4v) is 6.60. The number of sulfonamides is 1. The molecule has 1 amide bonds. The first kappa shape index (κ1) is 19.8. The number of aryl methyl sites for hydroxylation is 1. The lowest BCUT2D eigenvalue weighted by atomic mass is 10.0. The summed E-state index contributed by atoms with van der Waals surface area (Å²) < 4.78 is 33.9. The Bertz CT molecular complexity index is 802. The third-order valence-corrected chi connectivity index (χ3v) is 7.72. The van der Waals surface area contributed by atoms with Crippen LogP contribution in [0.5, 0.6) is 0 Å². The Morgan fingerprint density at radius 3 is 2.36 bits per heavy atom. The molecular formula is C19H30N4O4S. The molecule has 3 fully saturated rings. The van der Waals surface area contributed by atoms with Crippen molar-refractivity contribution in [3.8, 4) is 0 Å². The number of fused-ring (bicyclic) bond motifs is 2. The van der Waals surface area contributed by atoms with Crippen LogP contribution < -0.4 is 0 Å². The topological polar surface area (TPSA) is 84.7 Å². The number of likely N-dealkylation sites (tertiary alicyclic amines) is 1. The van der Waals surface area contributed by atoms with E-state index in [0.29, 0.717) is 25.3 Å². The summed E-state index contributed by atoms with van der Waals surface area (Å²) in [5, 5.41) is 4.18. The van der Waals surface area contributed by atoms with Gasteiger partial charge in [-0.15, -0.1) is 0 Å². The maximum Gasteiger partial charge on any atom is 0.272 e. The molecule has 0 N–H and O–H groups in total. The lowest BCUT2D eigenvalue weighted by Gasteiger charge is -2.40. The Kier molecular flexibility index (Phi) is 5.50. The van der Waals surface area contributed by atoms with Crippen molar-refractivity contribution in [1.82, 2.24) is 19.0 Å². The highest BCUT2D eigenvalue weighted by atomic mass is 32.2. The predicted octanol–water partition coefficient (Wildman–Crippen LogP) is 1.48. The zero-order valence-corrected chi connectivity index (χ0v) is 17.5. The Morgan fingerprint density at radius 2 is 1.79 bits per heavy atom. The number of ether oxygens (including phenoxy) is 1. The Balaban J connectivity index is 1.29. The molecule has 0 aromatic carbocycles. The largest absolute Gasteiger partial charge is 0.375 e. The Labute approximate surface area is 166 Å². The lowest BCUT2D eigenvalue weighted by molar-refractivity contribution is -0.0662. The van der Waals surface area contributed by atoms with Gasteiger partial charge in [0.2, 0.25) is 10.0 Å². The van der Waals surface area contributed by atoms with Crippen LogP contribution in [0, 0.1) is 0 Å². The lowest BCUT2D eigenvalue weighted by Crippen LogP contribution is -2.49. The van der Waals surface area contributed by atoms with E-state index in [-0.39, 0.29) is 30.2 Å². The first-order valence-electron chi connectivity index (χ1n) is 10.3. The average molecular weight is 411 g/mol. The van der Waals surface area contributed by atoms with E-state index in [9.17, 15) is 13.2 Å². The molecule has 2 bridgehead atoms. The number of aromatic nitrogens is 2. The van der Waals surface area contributed by atoms with Crippen molar-refractivity contribution in [3.63, 3.8) is 0 Å². The van der Waals surface area contributed by atoms with Crippen LogP contribution in [-0.2, 0) is 21.3 Å². The van der Waals surface area contributed by atoms with Crippen LogP contribution in [0.4, 0.5) is 0 Å². The second-order valence-corrected chi connectivity index (χ2v) is 10.1. The highest BCUT2D eigenvalue weighted by molar-refractivity contribution is 7.88. The van der Waals surface area contributed by atoms with E-state index in [2.05, 4.69) is 5.10 Å². The molecule has 1 aromatic rings. The van der Waals surface area contributed by atoms with Gasteiger partial charge in [0, 0.05) is 37.9 Å². The van der Waals surface area contributed by atoms with Gasteiger partial charge in [0.25, 0.3) is 5.91 Å². The van der Waals surface area contributed by atoms with E-state index >= 15 is 0 Å². The highest BCUT2D eigenvalue weighted by Crippen LogP contribution is 2.39. The van der Waals surface area contributed by atoms with Crippen molar-refractivity contribution in [2.75, 3.05) is 19.3 Å². The first-order chi connectivity index (χ1) is 13.4. The summed E-state index contributed by atoms with van der Waals surface area (Å²) in [5.74, 6) is 0.0392. The van der Waals surface area contributed by atoms with Crippen LogP contribution >= 0.6 is 0 Å². The second-order valence-electron chi connectivity index (χ2n) is 8.23. The number of carbonyl (C=O) groups is 1. The van der Waals surface area contributed by atoms with E-state index in [1.807, 2.05) is 11.8 Å². The summed E-state index contributed by atoms with van der Waals surface area (Å²) in [4.78, 5) is 14.6. The molecular weight excluding hydrogens is 380 g/mol. The average Bonchev–Trinajstić information content (AvgIpc) is 3.24. The second kappa shape index (κ2) is 7.76. The molecule has 3 atom stereocenters. The molecule has 4 heterocycles. The SMILES string of the molecule is CCn1nccc1C(=O)N1CCC(OC2C[C@H]3CC[C@@H](C2)N3S(C)(=O)=O)CC1. The number of hydrogen-bond acceptors (Lipinski definition) is 5. The third kappa shape index (κ3) is 3.84. The maximum absolute atomic E-state index is 12.7. The van der Waals surface area contributed by atoms with Crippen LogP contribution in [-0.4, -0.2) is 76.9 Å². The number of rotatable bonds is 5. The van der Waals surface area contributed by atoms with E-state index < -0.39 is 10.0 Å². The van der Waals surface area contributed by atoms with E-state index in [1.54, 1.807) is 21.3 Å². The van der Waals surface area contributed by atoms with Crippen molar-refractivity contribution in [2.24, 2.45) is 0 Å². The first-order valence-corrected chi connectivity index (χ1v) is 12.2. The minimum absolute atomic E-state index is 0.0392. The fourth-order valence-electron chi connectivity index (χ4n) is 5.13. The molecule has 0 spiro atoms. The molecule has 4 rings (SSSR count). The predicted molar refractivity (Wildman–Crippen MR) is 104 cm³/mol. The van der Waals surface area contributed by atoms with Gasteiger partial charge in [-0.2, -0.15) is 9.40 Å². The number of nitrogens with zero attached hydrogens (tertiary/aromatic N) is 4. The quantitative estimate of drug-likeness (QED) is 0.734. The smallest absolute Gasteiger partial charge is 0.272 e. The van der Waals surface area contributed by atoms with E-state index in [1.165, 1.54) is 6.26 Å². The Morgan fingerprint density at radius 1 is 1.14 bits per heavy atom.